The van der Waals surface area contributed by atoms with Crippen LogP contribution < -0.4 is 0 Å². The predicted octanol–water partition coefficient (Wildman–Crippen LogP) is 2.37. The first-order valence-corrected chi connectivity index (χ1v) is 5.93. The molecule has 0 amide bonds. The van der Waals surface area contributed by atoms with Gasteiger partial charge in [0, 0.05) is 0 Å². The van der Waals surface area contributed by atoms with Gasteiger partial charge < -0.3 is 0 Å². The zero-order valence-electron chi connectivity index (χ0n) is 7.11. The fourth-order valence-electron chi connectivity index (χ4n) is 0.720. The summed E-state index contributed by atoms with van der Waals surface area (Å²) >= 11 is 0.838. The zero-order chi connectivity index (χ0) is 10.3. The van der Waals surface area contributed by atoms with Gasteiger partial charge >= 0.3 is 97.0 Å². The van der Waals surface area contributed by atoms with Crippen molar-refractivity contribution < 1.29 is 17.3 Å². The molecule has 0 aliphatic heterocycles. The molecule has 13 heavy (non-hydrogen) atoms. The van der Waals surface area contributed by atoms with E-state index in [-0.39, 0.29) is 5.82 Å². The Kier molecular flexibility index (Phi) is 8.39. The van der Waals surface area contributed by atoms with Gasteiger partial charge in [-0.1, -0.05) is 0 Å². The average Bonchev–Trinajstić information content (AvgIpc) is 2.05. The van der Waals surface area contributed by atoms with E-state index in [0.29, 0.717) is 0 Å². The molecule has 0 aliphatic rings. The van der Waals surface area contributed by atoms with Gasteiger partial charge in [-0.3, -0.25) is 12.9 Å². The number of benzene rings is 1. The topological polar surface area (TPSA) is 0 Å². The van der Waals surface area contributed by atoms with Crippen LogP contribution in [-0.2, 0) is 0.515 Å². The van der Waals surface area contributed by atoms with Gasteiger partial charge in [-0.05, 0) is 0 Å². The van der Waals surface area contributed by atoms with E-state index in [9.17, 15) is 17.3 Å². The SMILES string of the molecule is FB(F)F.Fc1ccc([CH2][K])cc1. The molecule has 0 bridgehead atoms. The van der Waals surface area contributed by atoms with Crippen molar-refractivity contribution in [3.05, 3.63) is 35.6 Å². The van der Waals surface area contributed by atoms with Crippen molar-refractivity contribution >= 4 is 56.5 Å². The molecule has 0 aromatic heterocycles. The van der Waals surface area contributed by atoms with E-state index in [4.69, 9.17) is 0 Å². The summed E-state index contributed by atoms with van der Waals surface area (Å²) in [6.45, 7) is 0. The van der Waals surface area contributed by atoms with E-state index in [2.05, 4.69) is 0 Å². The number of hydrogen-bond acceptors (Lipinski definition) is 0. The molecule has 0 aliphatic carbocycles. The summed E-state index contributed by atoms with van der Waals surface area (Å²) in [5.41, 5.74) is 1.26. The van der Waals surface area contributed by atoms with Crippen molar-refractivity contribution in [3.8, 4) is 0 Å². The third-order valence-electron chi connectivity index (χ3n) is 1.32. The van der Waals surface area contributed by atoms with E-state index in [1.165, 1.54) is 17.7 Å². The molecular weight excluding hydrogens is 210 g/mol. The van der Waals surface area contributed by atoms with E-state index in [1.54, 1.807) is 0 Å². The summed E-state index contributed by atoms with van der Waals surface area (Å²) in [4.78, 5) is 0. The third kappa shape index (κ3) is 8.96. The monoisotopic (exact) mass is 216 g/mol. The Morgan fingerprint density at radius 2 is 1.46 bits per heavy atom. The van der Waals surface area contributed by atoms with Crippen LogP contribution in [0.5, 0.6) is 0 Å². The van der Waals surface area contributed by atoms with Crippen LogP contribution in [0.2, 0.25) is 0 Å². The zero-order valence-corrected chi connectivity index (χ0v) is 10.2. The summed E-state index contributed by atoms with van der Waals surface area (Å²) in [5, 5.41) is 0. The second kappa shape index (κ2) is 7.99. The first-order valence-electron chi connectivity index (χ1n) is 3.73. The van der Waals surface area contributed by atoms with Crippen LogP contribution in [-0.4, -0.2) is 56.5 Å². The quantitative estimate of drug-likeness (QED) is 0.499. The number of hydrogen-bond donors (Lipinski definition) is 0. The van der Waals surface area contributed by atoms with Crippen molar-refractivity contribution in [1.82, 2.24) is 0 Å². The molecule has 0 saturated heterocycles. The maximum absolute atomic E-state index is 12.2. The Balaban J connectivity index is 0.000000310. The molecule has 0 saturated carbocycles. The minimum atomic E-state index is -3.67. The van der Waals surface area contributed by atoms with Crippen molar-refractivity contribution in [2.45, 2.75) is 0.515 Å². The summed E-state index contributed by atoms with van der Waals surface area (Å²) < 4.78 is 42.4. The van der Waals surface area contributed by atoms with Crippen LogP contribution in [0.25, 0.3) is 0 Å². The van der Waals surface area contributed by atoms with Crippen LogP contribution in [0.4, 0.5) is 17.3 Å². The van der Waals surface area contributed by atoms with Gasteiger partial charge in [-0.15, -0.1) is 0 Å². The molecule has 66 valence electrons. The van der Waals surface area contributed by atoms with Gasteiger partial charge in [0.2, 0.25) is 0 Å². The molecule has 0 radical (unpaired) electrons. The van der Waals surface area contributed by atoms with Gasteiger partial charge in [-0.2, -0.15) is 0 Å². The molecule has 0 spiro atoms. The Bertz CT molecular complexity index is 224. The van der Waals surface area contributed by atoms with Crippen molar-refractivity contribution in [2.24, 2.45) is 0 Å². The van der Waals surface area contributed by atoms with Gasteiger partial charge in [0.15, 0.2) is 0 Å². The van der Waals surface area contributed by atoms with Crippen LogP contribution in [0.3, 0.4) is 0 Å². The molecule has 0 heterocycles. The second-order valence-corrected chi connectivity index (χ2v) is 3.33. The van der Waals surface area contributed by atoms with Crippen LogP contribution in [0.1, 0.15) is 5.56 Å². The molecule has 0 fully saturated rings. The van der Waals surface area contributed by atoms with E-state index in [1.807, 2.05) is 12.1 Å². The molecule has 1 rings (SSSR count). The molecule has 0 N–H and O–H groups in total. The van der Waals surface area contributed by atoms with Gasteiger partial charge in [-0.25, -0.2) is 0 Å². The van der Waals surface area contributed by atoms with Gasteiger partial charge in [0.25, 0.3) is 0 Å². The number of rotatable bonds is 1. The van der Waals surface area contributed by atoms with Crippen LogP contribution in [0, 0.1) is 5.82 Å². The molecule has 1 aromatic carbocycles. The molecule has 0 unspecified atom stereocenters. The Hall–Kier alpha value is 0.641. The minimum absolute atomic E-state index is 0.139. The van der Waals surface area contributed by atoms with E-state index < -0.39 is 7.54 Å². The molecule has 0 nitrogen and oxygen atoms in total. The number of halogens is 4. The molecule has 6 heteroatoms. The van der Waals surface area contributed by atoms with E-state index >= 15 is 0 Å². The fraction of sp³-hybridized carbons (Fsp3) is 0.143. The van der Waals surface area contributed by atoms with Crippen LogP contribution in [0.15, 0.2) is 24.3 Å². The van der Waals surface area contributed by atoms with Crippen LogP contribution >= 0.6 is 0 Å². The van der Waals surface area contributed by atoms with Gasteiger partial charge in [0.1, 0.15) is 0 Å². The molecule has 1 aromatic rings. The summed E-state index contributed by atoms with van der Waals surface area (Å²) in [6, 6.07) is 6.73. The van der Waals surface area contributed by atoms with Gasteiger partial charge in [0.05, 0.1) is 0 Å². The van der Waals surface area contributed by atoms with E-state index in [0.717, 1.165) is 49.5 Å². The Morgan fingerprint density at radius 3 is 1.77 bits per heavy atom. The summed E-state index contributed by atoms with van der Waals surface area (Å²) in [7, 11) is -3.67. The normalized spacial score (nSPS) is 8.77. The predicted molar refractivity (Wildman–Crippen MR) is 44.9 cm³/mol. The molecular formula is C7H6BF4K. The van der Waals surface area contributed by atoms with Crippen molar-refractivity contribution in [3.63, 3.8) is 0 Å². The summed E-state index contributed by atoms with van der Waals surface area (Å²) in [6.07, 6.45) is 0. The van der Waals surface area contributed by atoms with Crippen molar-refractivity contribution in [2.75, 3.05) is 0 Å². The fourth-order valence-corrected chi connectivity index (χ4v) is 1.46. The Morgan fingerprint density at radius 1 is 1.08 bits per heavy atom. The average molecular weight is 216 g/mol. The molecule has 0 atom stereocenters. The van der Waals surface area contributed by atoms with Crippen molar-refractivity contribution in [1.29, 1.82) is 0 Å². The first-order chi connectivity index (χ1) is 6.06. The first kappa shape index (κ1) is 13.6. The maximum atomic E-state index is 12.2. The summed E-state index contributed by atoms with van der Waals surface area (Å²) in [5.74, 6) is -0.139. The third-order valence-corrected chi connectivity index (χ3v) is 2.60. The Labute approximate surface area is 109 Å². The standard InChI is InChI=1S/C7H6F.BF3.K/c1-6-2-4-7(8)5-3-6;2-1(3)4;/h2-5H,1H2;;. The second-order valence-electron chi connectivity index (χ2n) is 2.23.